The van der Waals surface area contributed by atoms with Gasteiger partial charge in [-0.15, -0.1) is 0 Å². The van der Waals surface area contributed by atoms with Crippen LogP contribution in [0.2, 0.25) is 0 Å². The Balaban J connectivity index is 1.62. The van der Waals surface area contributed by atoms with Gasteiger partial charge < -0.3 is 18.6 Å². The van der Waals surface area contributed by atoms with E-state index in [0.717, 1.165) is 57.2 Å². The van der Waals surface area contributed by atoms with Crippen molar-refractivity contribution in [3.8, 4) is 11.6 Å². The Morgan fingerprint density at radius 3 is 2.64 bits per heavy atom. The van der Waals surface area contributed by atoms with Gasteiger partial charge in [0.2, 0.25) is 0 Å². The fraction of sp³-hybridized carbons (Fsp3) is 0.625. The zero-order chi connectivity index (χ0) is 15.0. The average molecular weight is 302 g/mol. The van der Waals surface area contributed by atoms with E-state index in [1.807, 2.05) is 30.2 Å². The van der Waals surface area contributed by atoms with Gasteiger partial charge in [-0.2, -0.15) is 0 Å². The molecule has 0 N–H and O–H groups in total. The van der Waals surface area contributed by atoms with Gasteiger partial charge in [0.25, 0.3) is 0 Å². The van der Waals surface area contributed by atoms with Crippen LogP contribution in [0.15, 0.2) is 24.8 Å². The van der Waals surface area contributed by atoms with Crippen LogP contribution in [-0.4, -0.2) is 44.5 Å². The summed E-state index contributed by atoms with van der Waals surface area (Å²) in [7, 11) is 2.01. The minimum atomic E-state index is -0.00958. The van der Waals surface area contributed by atoms with Crippen molar-refractivity contribution in [1.82, 2.24) is 19.1 Å². The van der Waals surface area contributed by atoms with Crippen molar-refractivity contribution in [3.63, 3.8) is 0 Å². The van der Waals surface area contributed by atoms with E-state index in [2.05, 4.69) is 20.7 Å². The number of nitrogens with zero attached hydrogens (tertiary/aromatic N) is 4. The molecule has 2 aliphatic rings. The van der Waals surface area contributed by atoms with Gasteiger partial charge in [0.1, 0.15) is 0 Å². The SMILES string of the molecule is Cn1ccnc1-c1nccn1C1CCOC2(CCOCC2)C1. The molecule has 6 heteroatoms. The Bertz CT molecular complexity index is 637. The quantitative estimate of drug-likeness (QED) is 0.853. The molecule has 0 aromatic carbocycles. The Morgan fingerprint density at radius 2 is 1.86 bits per heavy atom. The van der Waals surface area contributed by atoms with Crippen molar-refractivity contribution in [1.29, 1.82) is 0 Å². The molecule has 0 bridgehead atoms. The van der Waals surface area contributed by atoms with Crippen molar-refractivity contribution >= 4 is 0 Å². The highest BCUT2D eigenvalue weighted by Gasteiger charge is 2.40. The third kappa shape index (κ3) is 2.36. The summed E-state index contributed by atoms with van der Waals surface area (Å²) in [5, 5.41) is 0. The molecule has 1 atom stereocenters. The van der Waals surface area contributed by atoms with Crippen LogP contribution in [0, 0.1) is 0 Å². The number of aromatic nitrogens is 4. The number of ether oxygens (including phenoxy) is 2. The summed E-state index contributed by atoms with van der Waals surface area (Å²) in [5.41, 5.74) is -0.00958. The smallest absolute Gasteiger partial charge is 0.176 e. The van der Waals surface area contributed by atoms with Crippen molar-refractivity contribution in [2.24, 2.45) is 7.05 Å². The van der Waals surface area contributed by atoms with E-state index in [1.54, 1.807) is 0 Å². The first kappa shape index (κ1) is 14.0. The third-order valence-corrected chi connectivity index (χ3v) is 4.95. The molecule has 4 rings (SSSR count). The zero-order valence-electron chi connectivity index (χ0n) is 12.9. The first-order chi connectivity index (χ1) is 10.8. The second-order valence-corrected chi connectivity index (χ2v) is 6.31. The van der Waals surface area contributed by atoms with Crippen LogP contribution in [0.1, 0.15) is 31.7 Å². The summed E-state index contributed by atoms with van der Waals surface area (Å²) < 4.78 is 16.0. The molecule has 1 unspecified atom stereocenters. The molecule has 2 aromatic rings. The molecule has 0 radical (unpaired) electrons. The molecule has 4 heterocycles. The lowest BCUT2D eigenvalue weighted by Gasteiger charge is -2.43. The van der Waals surface area contributed by atoms with Crippen LogP contribution in [0.4, 0.5) is 0 Å². The molecular formula is C16H22N4O2. The van der Waals surface area contributed by atoms with E-state index >= 15 is 0 Å². The topological polar surface area (TPSA) is 54.1 Å². The summed E-state index contributed by atoms with van der Waals surface area (Å²) in [6.45, 7) is 2.43. The monoisotopic (exact) mass is 302 g/mol. The Kier molecular flexibility index (Phi) is 3.50. The van der Waals surface area contributed by atoms with Gasteiger partial charge >= 0.3 is 0 Å². The third-order valence-electron chi connectivity index (χ3n) is 4.95. The van der Waals surface area contributed by atoms with Gasteiger partial charge in [-0.25, -0.2) is 9.97 Å². The zero-order valence-corrected chi connectivity index (χ0v) is 12.9. The number of rotatable bonds is 2. The Morgan fingerprint density at radius 1 is 1.09 bits per heavy atom. The van der Waals surface area contributed by atoms with E-state index < -0.39 is 0 Å². The number of aryl methyl sites for hydroxylation is 1. The lowest BCUT2D eigenvalue weighted by Crippen LogP contribution is -2.44. The summed E-state index contributed by atoms with van der Waals surface area (Å²) in [4.78, 5) is 8.99. The number of hydrogen-bond acceptors (Lipinski definition) is 4. The predicted molar refractivity (Wildman–Crippen MR) is 81.4 cm³/mol. The van der Waals surface area contributed by atoms with Gasteiger partial charge in [-0.1, -0.05) is 0 Å². The molecule has 2 saturated heterocycles. The summed E-state index contributed by atoms with van der Waals surface area (Å²) in [6.07, 6.45) is 11.8. The summed E-state index contributed by atoms with van der Waals surface area (Å²) in [6, 6.07) is 0.418. The lowest BCUT2D eigenvalue weighted by molar-refractivity contribution is -0.144. The van der Waals surface area contributed by atoms with Crippen LogP contribution in [-0.2, 0) is 16.5 Å². The molecule has 0 aliphatic carbocycles. The van der Waals surface area contributed by atoms with Crippen LogP contribution < -0.4 is 0 Å². The second-order valence-electron chi connectivity index (χ2n) is 6.31. The number of hydrogen-bond donors (Lipinski definition) is 0. The molecule has 2 aliphatic heterocycles. The van der Waals surface area contributed by atoms with E-state index in [9.17, 15) is 0 Å². The van der Waals surface area contributed by atoms with Crippen molar-refractivity contribution in [2.75, 3.05) is 19.8 Å². The van der Waals surface area contributed by atoms with Crippen molar-refractivity contribution in [3.05, 3.63) is 24.8 Å². The van der Waals surface area contributed by atoms with Crippen LogP contribution >= 0.6 is 0 Å². The molecule has 22 heavy (non-hydrogen) atoms. The van der Waals surface area contributed by atoms with Crippen LogP contribution in [0.5, 0.6) is 0 Å². The molecule has 2 aromatic heterocycles. The molecule has 1 spiro atoms. The van der Waals surface area contributed by atoms with Gasteiger partial charge in [0.05, 0.1) is 5.60 Å². The first-order valence-corrected chi connectivity index (χ1v) is 8.00. The van der Waals surface area contributed by atoms with Crippen molar-refractivity contribution in [2.45, 2.75) is 37.3 Å². The highest BCUT2D eigenvalue weighted by atomic mass is 16.5. The van der Waals surface area contributed by atoms with E-state index in [4.69, 9.17) is 9.47 Å². The van der Waals surface area contributed by atoms with Crippen LogP contribution in [0.25, 0.3) is 11.6 Å². The fourth-order valence-electron chi connectivity index (χ4n) is 3.69. The first-order valence-electron chi connectivity index (χ1n) is 8.00. The Hall–Kier alpha value is -1.66. The minimum Gasteiger partial charge on any atom is -0.381 e. The van der Waals surface area contributed by atoms with E-state index in [0.29, 0.717) is 6.04 Å². The predicted octanol–water partition coefficient (Wildman–Crippen LogP) is 2.18. The maximum absolute atomic E-state index is 6.15. The number of imidazole rings is 2. The molecule has 0 saturated carbocycles. The maximum Gasteiger partial charge on any atom is 0.176 e. The minimum absolute atomic E-state index is 0.00958. The largest absolute Gasteiger partial charge is 0.381 e. The highest BCUT2D eigenvalue weighted by Crippen LogP contribution is 2.40. The molecule has 6 nitrogen and oxygen atoms in total. The highest BCUT2D eigenvalue weighted by molar-refractivity contribution is 5.45. The van der Waals surface area contributed by atoms with Gasteiger partial charge in [-0.05, 0) is 25.7 Å². The van der Waals surface area contributed by atoms with Gasteiger partial charge in [0.15, 0.2) is 11.6 Å². The Labute approximate surface area is 130 Å². The van der Waals surface area contributed by atoms with Crippen LogP contribution in [0.3, 0.4) is 0 Å². The molecule has 2 fully saturated rings. The second kappa shape index (κ2) is 5.52. The molecular weight excluding hydrogens is 280 g/mol. The van der Waals surface area contributed by atoms with E-state index in [-0.39, 0.29) is 5.60 Å². The average Bonchev–Trinajstić information content (AvgIpc) is 3.16. The maximum atomic E-state index is 6.15. The standard InChI is InChI=1S/C16H22N4O2/c1-19-7-5-17-14(19)15-18-6-8-20(15)13-2-9-22-16(12-13)3-10-21-11-4-16/h5-8,13H,2-4,9-12H2,1H3. The normalized spacial score (nSPS) is 24.7. The molecule has 0 amide bonds. The lowest BCUT2D eigenvalue weighted by atomic mass is 9.84. The van der Waals surface area contributed by atoms with E-state index in [1.165, 1.54) is 0 Å². The molecule has 118 valence electrons. The van der Waals surface area contributed by atoms with Crippen molar-refractivity contribution < 1.29 is 9.47 Å². The fourth-order valence-corrected chi connectivity index (χ4v) is 3.69. The van der Waals surface area contributed by atoms with Gasteiger partial charge in [-0.3, -0.25) is 0 Å². The summed E-state index contributed by atoms with van der Waals surface area (Å²) in [5.74, 6) is 1.86. The summed E-state index contributed by atoms with van der Waals surface area (Å²) >= 11 is 0. The van der Waals surface area contributed by atoms with Gasteiger partial charge in [0, 0.05) is 57.7 Å².